The molecule has 0 unspecified atom stereocenters. The highest BCUT2D eigenvalue weighted by atomic mass is 19.1. The molecule has 28 heavy (non-hydrogen) atoms. The molecule has 0 bridgehead atoms. The number of hydrogen-bond acceptors (Lipinski definition) is 3. The second-order valence-corrected chi connectivity index (χ2v) is 8.37. The molecule has 5 heteroatoms. The molecule has 0 aromatic heterocycles. The SMILES string of the molecule is CC[C@@H](CCN1CCN(c2ccc(F)cc2)C[C@H]1C)CC(CC)(CC)C(=O)O. The van der Waals surface area contributed by atoms with Gasteiger partial charge in [0.2, 0.25) is 0 Å². The van der Waals surface area contributed by atoms with Crippen molar-refractivity contribution in [1.82, 2.24) is 4.90 Å². The van der Waals surface area contributed by atoms with E-state index in [0.717, 1.165) is 51.1 Å². The van der Waals surface area contributed by atoms with Crippen molar-refractivity contribution in [1.29, 1.82) is 0 Å². The average Bonchev–Trinajstić information content (AvgIpc) is 2.69. The summed E-state index contributed by atoms with van der Waals surface area (Å²) in [5.41, 5.74) is 0.504. The van der Waals surface area contributed by atoms with Crippen LogP contribution in [0.4, 0.5) is 10.1 Å². The van der Waals surface area contributed by atoms with Crippen LogP contribution in [0.1, 0.15) is 59.8 Å². The lowest BCUT2D eigenvalue weighted by Gasteiger charge is -2.41. The minimum Gasteiger partial charge on any atom is -0.481 e. The lowest BCUT2D eigenvalue weighted by molar-refractivity contribution is -0.150. The fraction of sp³-hybridized carbons (Fsp3) is 0.696. The molecule has 4 nitrogen and oxygen atoms in total. The third kappa shape index (κ3) is 5.47. The Morgan fingerprint density at radius 2 is 1.86 bits per heavy atom. The van der Waals surface area contributed by atoms with Crippen LogP contribution in [-0.4, -0.2) is 48.2 Å². The minimum atomic E-state index is -0.641. The van der Waals surface area contributed by atoms with Gasteiger partial charge in [-0.1, -0.05) is 27.2 Å². The maximum absolute atomic E-state index is 13.2. The van der Waals surface area contributed by atoms with E-state index in [2.05, 4.69) is 23.6 Å². The maximum atomic E-state index is 13.2. The number of benzene rings is 1. The molecule has 2 atom stereocenters. The number of nitrogens with zero attached hydrogens (tertiary/aromatic N) is 2. The first-order valence-corrected chi connectivity index (χ1v) is 10.8. The van der Waals surface area contributed by atoms with Gasteiger partial charge in [0.25, 0.3) is 0 Å². The smallest absolute Gasteiger partial charge is 0.309 e. The van der Waals surface area contributed by atoms with Gasteiger partial charge >= 0.3 is 5.97 Å². The summed E-state index contributed by atoms with van der Waals surface area (Å²) in [5.74, 6) is -0.395. The molecule has 1 N–H and O–H groups in total. The molecular weight excluding hydrogens is 355 g/mol. The summed E-state index contributed by atoms with van der Waals surface area (Å²) in [7, 11) is 0. The monoisotopic (exact) mass is 392 g/mol. The van der Waals surface area contributed by atoms with Crippen molar-refractivity contribution < 1.29 is 14.3 Å². The van der Waals surface area contributed by atoms with E-state index >= 15 is 0 Å². The van der Waals surface area contributed by atoms with Gasteiger partial charge in [-0.25, -0.2) is 4.39 Å². The number of piperazine rings is 1. The Bertz CT molecular complexity index is 616. The molecule has 158 valence electrons. The lowest BCUT2D eigenvalue weighted by atomic mass is 9.73. The first-order valence-electron chi connectivity index (χ1n) is 10.8. The zero-order valence-corrected chi connectivity index (χ0v) is 18.0. The minimum absolute atomic E-state index is 0.197. The van der Waals surface area contributed by atoms with E-state index < -0.39 is 11.4 Å². The molecule has 1 aliphatic heterocycles. The summed E-state index contributed by atoms with van der Waals surface area (Å²) in [6.45, 7) is 12.3. The van der Waals surface area contributed by atoms with Gasteiger partial charge in [0.15, 0.2) is 0 Å². The fourth-order valence-corrected chi connectivity index (χ4v) is 4.49. The van der Waals surface area contributed by atoms with Crippen molar-refractivity contribution in [2.45, 2.75) is 65.8 Å². The Kier molecular flexibility index (Phi) is 8.29. The van der Waals surface area contributed by atoms with Crippen LogP contribution in [0.15, 0.2) is 24.3 Å². The first kappa shape index (κ1) is 22.7. The van der Waals surface area contributed by atoms with Crippen molar-refractivity contribution in [3.05, 3.63) is 30.1 Å². The summed E-state index contributed by atoms with van der Waals surface area (Å²) in [6, 6.07) is 7.18. The maximum Gasteiger partial charge on any atom is 0.309 e. The number of carbonyl (C=O) groups is 1. The number of halogens is 1. The van der Waals surface area contributed by atoms with E-state index in [1.54, 1.807) is 0 Å². The van der Waals surface area contributed by atoms with E-state index in [0.29, 0.717) is 24.8 Å². The van der Waals surface area contributed by atoms with Crippen LogP contribution in [0, 0.1) is 17.2 Å². The lowest BCUT2D eigenvalue weighted by Crippen LogP contribution is -2.52. The second kappa shape index (κ2) is 10.2. The van der Waals surface area contributed by atoms with Crippen LogP contribution in [0.2, 0.25) is 0 Å². The largest absolute Gasteiger partial charge is 0.481 e. The topological polar surface area (TPSA) is 43.8 Å². The zero-order valence-electron chi connectivity index (χ0n) is 18.0. The molecule has 0 saturated carbocycles. The first-order chi connectivity index (χ1) is 13.3. The molecule has 1 fully saturated rings. The highest BCUT2D eigenvalue weighted by Crippen LogP contribution is 2.36. The van der Waals surface area contributed by atoms with Gasteiger partial charge in [0.05, 0.1) is 5.41 Å². The molecule has 0 aliphatic carbocycles. The number of carboxylic acids is 1. The standard InChI is InChI=1S/C23H37FN2O2/c1-5-19(16-23(6-2,7-3)22(27)28)12-13-25-14-15-26(17-18(25)4)21-10-8-20(24)9-11-21/h8-11,18-19H,5-7,12-17H2,1-4H3,(H,27,28)/t18-,19+/m1/s1. The quantitative estimate of drug-likeness (QED) is 0.606. The Hall–Kier alpha value is -1.62. The van der Waals surface area contributed by atoms with E-state index in [9.17, 15) is 14.3 Å². The molecule has 1 aromatic carbocycles. The number of rotatable bonds is 10. The van der Waals surface area contributed by atoms with Gasteiger partial charge < -0.3 is 10.0 Å². The Labute approximate surface area is 169 Å². The Morgan fingerprint density at radius 3 is 2.36 bits per heavy atom. The van der Waals surface area contributed by atoms with Gasteiger partial charge in [0, 0.05) is 31.4 Å². The predicted octanol–water partition coefficient (Wildman–Crippen LogP) is 5.03. The normalized spacial score (nSPS) is 19.6. The average molecular weight is 393 g/mol. The summed E-state index contributed by atoms with van der Waals surface area (Å²) < 4.78 is 13.2. The van der Waals surface area contributed by atoms with E-state index in [1.165, 1.54) is 12.1 Å². The van der Waals surface area contributed by atoms with E-state index in [4.69, 9.17) is 0 Å². The summed E-state index contributed by atoms with van der Waals surface area (Å²) in [6.07, 6.45) is 4.24. The number of aliphatic carboxylic acids is 1. The molecule has 0 spiro atoms. The molecule has 0 amide bonds. The predicted molar refractivity (Wildman–Crippen MR) is 113 cm³/mol. The molecule has 1 saturated heterocycles. The van der Waals surface area contributed by atoms with Gasteiger partial charge in [-0.15, -0.1) is 0 Å². The molecule has 1 aliphatic rings. The fourth-order valence-electron chi connectivity index (χ4n) is 4.49. The van der Waals surface area contributed by atoms with Crippen LogP contribution in [0.5, 0.6) is 0 Å². The van der Waals surface area contributed by atoms with Crippen LogP contribution < -0.4 is 4.90 Å². The highest BCUT2D eigenvalue weighted by molar-refractivity contribution is 5.74. The number of anilines is 1. The molecular formula is C23H37FN2O2. The third-order valence-corrected chi connectivity index (χ3v) is 6.85. The summed E-state index contributed by atoms with van der Waals surface area (Å²) >= 11 is 0. The Balaban J connectivity index is 1.89. The van der Waals surface area contributed by atoms with Gasteiger partial charge in [-0.2, -0.15) is 0 Å². The van der Waals surface area contributed by atoms with Gasteiger partial charge in [-0.05, 0) is 69.3 Å². The third-order valence-electron chi connectivity index (χ3n) is 6.85. The Morgan fingerprint density at radius 1 is 1.21 bits per heavy atom. The van der Waals surface area contributed by atoms with Gasteiger partial charge in [0.1, 0.15) is 5.82 Å². The second-order valence-electron chi connectivity index (χ2n) is 8.37. The molecule has 2 rings (SSSR count). The van der Waals surface area contributed by atoms with Crippen molar-refractivity contribution in [2.75, 3.05) is 31.1 Å². The van der Waals surface area contributed by atoms with Crippen LogP contribution >= 0.6 is 0 Å². The van der Waals surface area contributed by atoms with Crippen LogP contribution in [-0.2, 0) is 4.79 Å². The van der Waals surface area contributed by atoms with Crippen molar-refractivity contribution in [3.8, 4) is 0 Å². The zero-order chi connectivity index (χ0) is 20.7. The summed E-state index contributed by atoms with van der Waals surface area (Å²) in [5, 5.41) is 9.74. The van der Waals surface area contributed by atoms with Crippen LogP contribution in [0.25, 0.3) is 0 Å². The number of hydrogen-bond donors (Lipinski definition) is 1. The molecule has 1 aromatic rings. The summed E-state index contributed by atoms with van der Waals surface area (Å²) in [4.78, 5) is 16.7. The van der Waals surface area contributed by atoms with Gasteiger partial charge in [-0.3, -0.25) is 9.69 Å². The molecule has 1 heterocycles. The van der Waals surface area contributed by atoms with Crippen LogP contribution in [0.3, 0.4) is 0 Å². The van der Waals surface area contributed by atoms with Crippen molar-refractivity contribution in [2.24, 2.45) is 11.3 Å². The van der Waals surface area contributed by atoms with E-state index in [1.807, 2.05) is 26.0 Å². The highest BCUT2D eigenvalue weighted by Gasteiger charge is 2.37. The van der Waals surface area contributed by atoms with E-state index in [-0.39, 0.29) is 5.82 Å². The van der Waals surface area contributed by atoms with Crippen molar-refractivity contribution >= 4 is 11.7 Å². The van der Waals surface area contributed by atoms with Crippen molar-refractivity contribution in [3.63, 3.8) is 0 Å². The number of carboxylic acid groups (broad SMARTS) is 1. The molecule has 0 radical (unpaired) electrons.